The van der Waals surface area contributed by atoms with Crippen molar-refractivity contribution < 1.29 is 23.8 Å². The molecule has 4 N–H and O–H groups in total. The second kappa shape index (κ2) is 7.87. The van der Waals surface area contributed by atoms with Gasteiger partial charge in [-0.2, -0.15) is 5.10 Å². The zero-order valence-electron chi connectivity index (χ0n) is 12.6. The smallest absolute Gasteiger partial charge is 0.313 e. The number of anilines is 1. The van der Waals surface area contributed by atoms with Crippen molar-refractivity contribution >= 4 is 23.4 Å². The Morgan fingerprint density at radius 1 is 1.35 bits per heavy atom. The number of nitrogens with one attached hydrogen (secondary N) is 2. The third kappa shape index (κ3) is 5.06. The molecule has 9 heteroatoms. The van der Waals surface area contributed by atoms with E-state index in [2.05, 4.69) is 15.8 Å². The van der Waals surface area contributed by atoms with Crippen molar-refractivity contribution in [3.8, 4) is 11.5 Å². The van der Waals surface area contributed by atoms with E-state index in [1.54, 1.807) is 25.1 Å². The van der Waals surface area contributed by atoms with Crippen molar-refractivity contribution in [2.45, 2.75) is 13.3 Å². The van der Waals surface area contributed by atoms with Crippen LogP contribution in [0.1, 0.15) is 13.3 Å². The highest BCUT2D eigenvalue weighted by Crippen LogP contribution is 2.34. The molecule has 1 aromatic rings. The number of nitrogens with zero attached hydrogens (tertiary/aromatic N) is 1. The van der Waals surface area contributed by atoms with E-state index < -0.39 is 11.9 Å². The predicted octanol–water partition coefficient (Wildman–Crippen LogP) is 0.169. The molecule has 1 aromatic carbocycles. The Labute approximate surface area is 132 Å². The van der Waals surface area contributed by atoms with Crippen LogP contribution in [0.3, 0.4) is 0 Å². The number of carbonyl (C=O) groups excluding carboxylic acids is 2. The Balaban J connectivity index is 1.75. The summed E-state index contributed by atoms with van der Waals surface area (Å²) in [5, 5.41) is 6.54. The van der Waals surface area contributed by atoms with Crippen molar-refractivity contribution in [2.75, 3.05) is 25.3 Å². The van der Waals surface area contributed by atoms with Gasteiger partial charge in [-0.1, -0.05) is 0 Å². The molecule has 0 saturated carbocycles. The maximum Gasteiger partial charge on any atom is 0.313 e. The Morgan fingerprint density at radius 2 is 2.13 bits per heavy atom. The van der Waals surface area contributed by atoms with Gasteiger partial charge in [0, 0.05) is 11.8 Å². The van der Waals surface area contributed by atoms with E-state index in [1.165, 1.54) is 0 Å². The van der Waals surface area contributed by atoms with Crippen LogP contribution in [0.4, 0.5) is 5.69 Å². The molecule has 9 nitrogen and oxygen atoms in total. The Hall–Kier alpha value is -2.97. The summed E-state index contributed by atoms with van der Waals surface area (Å²) in [4.78, 5) is 22.8. The first-order valence-corrected chi connectivity index (χ1v) is 6.98. The van der Waals surface area contributed by atoms with Crippen molar-refractivity contribution in [3.63, 3.8) is 0 Å². The zero-order chi connectivity index (χ0) is 16.7. The minimum atomic E-state index is -0.499. The number of fused-ring (bicyclic) bond motifs is 1. The molecule has 0 fully saturated rings. The molecular weight excluding hydrogens is 304 g/mol. The fraction of sp³-hybridized carbons (Fsp3) is 0.357. The highest BCUT2D eigenvalue weighted by atomic mass is 16.7. The lowest BCUT2D eigenvalue weighted by molar-refractivity contribution is -0.141. The van der Waals surface area contributed by atoms with Gasteiger partial charge in [-0.25, -0.2) is 5.43 Å². The molecule has 23 heavy (non-hydrogen) atoms. The van der Waals surface area contributed by atoms with E-state index in [4.69, 9.17) is 19.9 Å². The normalized spacial score (nSPS) is 12.7. The van der Waals surface area contributed by atoms with Gasteiger partial charge < -0.3 is 25.3 Å². The first kappa shape index (κ1) is 16.4. The van der Waals surface area contributed by atoms with Crippen LogP contribution in [0.2, 0.25) is 0 Å². The molecule has 0 saturated heterocycles. The van der Waals surface area contributed by atoms with Crippen molar-refractivity contribution in [3.05, 3.63) is 18.2 Å². The third-order valence-electron chi connectivity index (χ3n) is 2.78. The van der Waals surface area contributed by atoms with Gasteiger partial charge in [0.2, 0.25) is 6.79 Å². The third-order valence-corrected chi connectivity index (χ3v) is 2.78. The highest BCUT2D eigenvalue weighted by Gasteiger charge is 2.13. The second-order valence-electron chi connectivity index (χ2n) is 4.54. The SMILES string of the molecule is CCOC(=O)CC(N)=NNC(=O)CNc1ccc2c(c1)OCO2. The fourth-order valence-corrected chi connectivity index (χ4v) is 1.76. The first-order chi connectivity index (χ1) is 11.1. The fourth-order valence-electron chi connectivity index (χ4n) is 1.76. The van der Waals surface area contributed by atoms with Crippen LogP contribution in [-0.4, -0.2) is 37.7 Å². The van der Waals surface area contributed by atoms with Crippen molar-refractivity contribution in [2.24, 2.45) is 10.8 Å². The lowest BCUT2D eigenvalue weighted by Gasteiger charge is -2.06. The quantitative estimate of drug-likeness (QED) is 0.283. The molecule has 0 atom stereocenters. The van der Waals surface area contributed by atoms with Crippen LogP contribution in [0.25, 0.3) is 0 Å². The average molecular weight is 322 g/mol. The Bertz CT molecular complexity index is 617. The van der Waals surface area contributed by atoms with Crippen LogP contribution in [0.15, 0.2) is 23.3 Å². The topological polar surface area (TPSA) is 124 Å². The standard InChI is InChI=1S/C14H18N4O5/c1-2-21-14(20)6-12(15)17-18-13(19)7-16-9-3-4-10-11(5-9)23-8-22-10/h3-5,16H,2,6-8H2,1H3,(H2,15,17)(H,18,19). The number of rotatable bonds is 7. The monoisotopic (exact) mass is 322 g/mol. The van der Waals surface area contributed by atoms with Gasteiger partial charge >= 0.3 is 5.97 Å². The van der Waals surface area contributed by atoms with Crippen LogP contribution < -0.4 is 25.9 Å². The molecule has 124 valence electrons. The first-order valence-electron chi connectivity index (χ1n) is 6.98. The maximum absolute atomic E-state index is 11.7. The second-order valence-corrected chi connectivity index (χ2v) is 4.54. The Kier molecular flexibility index (Phi) is 5.61. The average Bonchev–Trinajstić information content (AvgIpc) is 2.98. The summed E-state index contributed by atoms with van der Waals surface area (Å²) in [5.74, 6) is 0.347. The number of carbonyl (C=O) groups is 2. The van der Waals surface area contributed by atoms with Crippen LogP contribution in [-0.2, 0) is 14.3 Å². The van der Waals surface area contributed by atoms with E-state index in [1.807, 2.05) is 0 Å². The largest absolute Gasteiger partial charge is 0.466 e. The molecule has 2 rings (SSSR count). The van der Waals surface area contributed by atoms with E-state index >= 15 is 0 Å². The summed E-state index contributed by atoms with van der Waals surface area (Å²) in [5.41, 5.74) is 8.46. The molecule has 1 heterocycles. The van der Waals surface area contributed by atoms with Crippen molar-refractivity contribution in [1.82, 2.24) is 5.43 Å². The molecular formula is C14H18N4O5. The van der Waals surface area contributed by atoms with Crippen LogP contribution >= 0.6 is 0 Å². The summed E-state index contributed by atoms with van der Waals surface area (Å²) < 4.78 is 15.1. The van der Waals surface area contributed by atoms with Crippen molar-refractivity contribution in [1.29, 1.82) is 0 Å². The molecule has 0 spiro atoms. The molecule has 1 aliphatic heterocycles. The zero-order valence-corrected chi connectivity index (χ0v) is 12.6. The number of ether oxygens (including phenoxy) is 3. The summed E-state index contributed by atoms with van der Waals surface area (Å²) in [7, 11) is 0. The molecule has 0 aromatic heterocycles. The van der Waals surface area contributed by atoms with E-state index in [9.17, 15) is 9.59 Å². The summed E-state index contributed by atoms with van der Waals surface area (Å²) >= 11 is 0. The van der Waals surface area contributed by atoms with Crippen LogP contribution in [0, 0.1) is 0 Å². The van der Waals surface area contributed by atoms with Gasteiger partial charge in [0.05, 0.1) is 13.2 Å². The maximum atomic E-state index is 11.7. The lowest BCUT2D eigenvalue weighted by atomic mass is 10.3. The summed E-state index contributed by atoms with van der Waals surface area (Å²) in [6.07, 6.45) is -0.177. The predicted molar refractivity (Wildman–Crippen MR) is 82.1 cm³/mol. The van der Waals surface area contributed by atoms with Gasteiger partial charge in [0.25, 0.3) is 5.91 Å². The van der Waals surface area contributed by atoms with Gasteiger partial charge in [-0.3, -0.25) is 9.59 Å². The molecule has 0 radical (unpaired) electrons. The van der Waals surface area contributed by atoms with Gasteiger partial charge in [-0.05, 0) is 19.1 Å². The lowest BCUT2D eigenvalue weighted by Crippen LogP contribution is -2.29. The number of nitrogens with two attached hydrogens (primary N) is 1. The van der Waals surface area contributed by atoms with Gasteiger partial charge in [0.15, 0.2) is 11.5 Å². The number of esters is 1. The van der Waals surface area contributed by atoms with Gasteiger partial charge in [-0.15, -0.1) is 0 Å². The highest BCUT2D eigenvalue weighted by molar-refractivity contribution is 5.97. The van der Waals surface area contributed by atoms with Crippen LogP contribution in [0.5, 0.6) is 11.5 Å². The number of amidine groups is 1. The number of hydrogen-bond donors (Lipinski definition) is 3. The number of amides is 1. The molecule has 0 aliphatic carbocycles. The number of hydrogen-bond acceptors (Lipinski definition) is 7. The molecule has 1 amide bonds. The number of benzene rings is 1. The van der Waals surface area contributed by atoms with E-state index in [0.717, 1.165) is 0 Å². The summed E-state index contributed by atoms with van der Waals surface area (Å²) in [6, 6.07) is 5.24. The van der Waals surface area contributed by atoms with E-state index in [-0.39, 0.29) is 32.2 Å². The minimum Gasteiger partial charge on any atom is -0.466 e. The number of hydrazone groups is 1. The van der Waals surface area contributed by atoms with E-state index in [0.29, 0.717) is 17.2 Å². The van der Waals surface area contributed by atoms with Gasteiger partial charge in [0.1, 0.15) is 12.3 Å². The summed E-state index contributed by atoms with van der Waals surface area (Å²) in [6.45, 7) is 2.12. The molecule has 0 bridgehead atoms. The Morgan fingerprint density at radius 3 is 2.91 bits per heavy atom. The molecule has 0 unspecified atom stereocenters. The molecule has 1 aliphatic rings. The minimum absolute atomic E-state index is 0.0180.